The molecule has 4 unspecified atom stereocenters. The minimum atomic E-state index is -1.28. The maximum Gasteiger partial charge on any atom is 0.249 e. The zero-order chi connectivity index (χ0) is 43.1. The monoisotopic (exact) mass is 834 g/mol. The van der Waals surface area contributed by atoms with Crippen LogP contribution in [0.1, 0.15) is 277 Å². The van der Waals surface area contributed by atoms with Crippen molar-refractivity contribution in [3.05, 3.63) is 24.3 Å². The number of allylic oxidation sites excluding steroid dienone is 4. The van der Waals surface area contributed by atoms with E-state index in [9.17, 15) is 25.2 Å². The molecular weight excluding hydrogens is 731 g/mol. The van der Waals surface area contributed by atoms with Gasteiger partial charge in [-0.05, 0) is 64.2 Å². The predicted molar refractivity (Wildman–Crippen MR) is 256 cm³/mol. The zero-order valence-electron chi connectivity index (χ0n) is 39.5. The molecule has 5 N–H and O–H groups in total. The second kappa shape index (κ2) is 47.8. The Balaban J connectivity index is 3.69. The van der Waals surface area contributed by atoms with E-state index in [1.165, 1.54) is 212 Å². The molecule has 0 aromatic carbocycles. The summed E-state index contributed by atoms with van der Waals surface area (Å²) in [5.74, 6) is -0.594. The fraction of sp³-hybridized carbons (Fsp3) is 0.906. The molecule has 350 valence electrons. The second-order valence-electron chi connectivity index (χ2n) is 18.2. The summed E-state index contributed by atoms with van der Waals surface area (Å²) in [6.45, 7) is 4.07. The van der Waals surface area contributed by atoms with E-state index < -0.39 is 36.9 Å². The van der Waals surface area contributed by atoms with Crippen molar-refractivity contribution in [1.29, 1.82) is 0 Å². The molecule has 0 saturated heterocycles. The maximum absolute atomic E-state index is 12.6. The quantitative estimate of drug-likeness (QED) is 0.0310. The SMILES string of the molecule is CCCCCCCCCCCCCC/C=C\CCCCCCCCCC(O)C(=O)NC(CO)C(O)C(O)CCC/C=C/CCCCCCCCCCCCCCCCC. The van der Waals surface area contributed by atoms with E-state index in [-0.39, 0.29) is 0 Å². The molecular formula is C53H103NO5. The van der Waals surface area contributed by atoms with Crippen molar-refractivity contribution < 1.29 is 25.2 Å². The zero-order valence-corrected chi connectivity index (χ0v) is 39.5. The molecule has 0 heterocycles. The molecule has 6 heteroatoms. The molecule has 0 aliphatic carbocycles. The molecule has 1 amide bonds. The number of aliphatic hydroxyl groups excluding tert-OH is 4. The molecule has 0 aliphatic rings. The molecule has 0 bridgehead atoms. The molecule has 0 rings (SSSR count). The van der Waals surface area contributed by atoms with Gasteiger partial charge in [-0.2, -0.15) is 0 Å². The van der Waals surface area contributed by atoms with Crippen molar-refractivity contribution >= 4 is 5.91 Å². The summed E-state index contributed by atoms with van der Waals surface area (Å²) in [5.41, 5.74) is 0. The third kappa shape index (κ3) is 41.9. The summed E-state index contributed by atoms with van der Waals surface area (Å²) >= 11 is 0. The Morgan fingerprint density at radius 2 is 0.695 bits per heavy atom. The number of aliphatic hydroxyl groups is 4. The average Bonchev–Trinajstić information content (AvgIpc) is 3.24. The lowest BCUT2D eigenvalue weighted by Gasteiger charge is -2.27. The van der Waals surface area contributed by atoms with Crippen molar-refractivity contribution in [3.63, 3.8) is 0 Å². The molecule has 0 aromatic rings. The lowest BCUT2D eigenvalue weighted by molar-refractivity contribution is -0.132. The van der Waals surface area contributed by atoms with E-state index in [2.05, 4.69) is 43.5 Å². The fourth-order valence-electron chi connectivity index (χ4n) is 8.22. The van der Waals surface area contributed by atoms with Crippen LogP contribution in [0.2, 0.25) is 0 Å². The molecule has 0 aromatic heterocycles. The van der Waals surface area contributed by atoms with Gasteiger partial charge < -0.3 is 25.7 Å². The Hall–Kier alpha value is -1.21. The number of carbonyl (C=O) groups excluding carboxylic acids is 1. The van der Waals surface area contributed by atoms with E-state index >= 15 is 0 Å². The van der Waals surface area contributed by atoms with Crippen LogP contribution in [0.5, 0.6) is 0 Å². The molecule has 0 saturated carbocycles. The Labute approximate surface area is 367 Å². The first-order valence-electron chi connectivity index (χ1n) is 26.2. The Bertz CT molecular complexity index is 893. The predicted octanol–water partition coefficient (Wildman–Crippen LogP) is 14.7. The van der Waals surface area contributed by atoms with Gasteiger partial charge in [0, 0.05) is 0 Å². The lowest BCUT2D eigenvalue weighted by atomic mass is 10.00. The largest absolute Gasteiger partial charge is 0.394 e. The van der Waals surface area contributed by atoms with Gasteiger partial charge in [-0.3, -0.25) is 4.79 Å². The van der Waals surface area contributed by atoms with E-state index in [0.29, 0.717) is 12.8 Å². The van der Waals surface area contributed by atoms with Gasteiger partial charge in [0.25, 0.3) is 0 Å². The van der Waals surface area contributed by atoms with Crippen LogP contribution in [0.25, 0.3) is 0 Å². The number of carbonyl (C=O) groups is 1. The lowest BCUT2D eigenvalue weighted by Crippen LogP contribution is -2.53. The van der Waals surface area contributed by atoms with Crippen molar-refractivity contribution in [2.24, 2.45) is 0 Å². The number of amides is 1. The van der Waals surface area contributed by atoms with Crippen LogP contribution in [0.3, 0.4) is 0 Å². The summed E-state index contributed by atoms with van der Waals surface area (Å²) in [4.78, 5) is 12.6. The van der Waals surface area contributed by atoms with Crippen molar-refractivity contribution in [2.75, 3.05) is 6.61 Å². The molecule has 59 heavy (non-hydrogen) atoms. The van der Waals surface area contributed by atoms with E-state index in [1.54, 1.807) is 0 Å². The van der Waals surface area contributed by atoms with Crippen LogP contribution in [-0.4, -0.2) is 57.3 Å². The number of hydrogen-bond donors (Lipinski definition) is 5. The van der Waals surface area contributed by atoms with Gasteiger partial charge in [-0.15, -0.1) is 0 Å². The first-order chi connectivity index (χ1) is 29.0. The van der Waals surface area contributed by atoms with Crippen molar-refractivity contribution in [1.82, 2.24) is 5.32 Å². The normalized spacial score (nSPS) is 14.1. The molecule has 0 aliphatic heterocycles. The van der Waals surface area contributed by atoms with Crippen LogP contribution in [0.15, 0.2) is 24.3 Å². The topological polar surface area (TPSA) is 110 Å². The van der Waals surface area contributed by atoms with E-state index in [0.717, 1.165) is 38.5 Å². The number of rotatable bonds is 48. The van der Waals surface area contributed by atoms with Gasteiger partial charge >= 0.3 is 0 Å². The minimum absolute atomic E-state index is 0.359. The number of unbranched alkanes of at least 4 members (excludes halogenated alkanes) is 35. The highest BCUT2D eigenvalue weighted by atomic mass is 16.3. The number of hydrogen-bond acceptors (Lipinski definition) is 5. The summed E-state index contributed by atoms with van der Waals surface area (Å²) in [6, 6.07) is -1.00. The highest BCUT2D eigenvalue weighted by molar-refractivity contribution is 5.80. The third-order valence-electron chi connectivity index (χ3n) is 12.4. The summed E-state index contributed by atoms with van der Waals surface area (Å²) in [6.07, 6.45) is 56.6. The van der Waals surface area contributed by atoms with Gasteiger partial charge in [0.15, 0.2) is 0 Å². The molecule has 0 fully saturated rings. The van der Waals surface area contributed by atoms with Gasteiger partial charge in [0.2, 0.25) is 5.91 Å². The summed E-state index contributed by atoms with van der Waals surface area (Å²) < 4.78 is 0. The van der Waals surface area contributed by atoms with E-state index in [4.69, 9.17) is 0 Å². The second-order valence-corrected chi connectivity index (χ2v) is 18.2. The van der Waals surface area contributed by atoms with Crippen molar-refractivity contribution in [3.8, 4) is 0 Å². The van der Waals surface area contributed by atoms with Crippen LogP contribution in [-0.2, 0) is 4.79 Å². The minimum Gasteiger partial charge on any atom is -0.394 e. The van der Waals surface area contributed by atoms with Gasteiger partial charge in [-0.25, -0.2) is 0 Å². The summed E-state index contributed by atoms with van der Waals surface area (Å²) in [5, 5.41) is 43.9. The number of nitrogens with one attached hydrogen (secondary N) is 1. The van der Waals surface area contributed by atoms with E-state index in [1.807, 2.05) is 0 Å². The highest BCUT2D eigenvalue weighted by Crippen LogP contribution is 2.17. The molecule has 4 atom stereocenters. The van der Waals surface area contributed by atoms with Gasteiger partial charge in [0.1, 0.15) is 12.2 Å². The Morgan fingerprint density at radius 3 is 1.02 bits per heavy atom. The third-order valence-corrected chi connectivity index (χ3v) is 12.4. The van der Waals surface area contributed by atoms with Gasteiger partial charge in [-0.1, -0.05) is 237 Å². The van der Waals surface area contributed by atoms with Crippen LogP contribution in [0.4, 0.5) is 0 Å². The Kier molecular flexibility index (Phi) is 46.9. The smallest absolute Gasteiger partial charge is 0.249 e. The first kappa shape index (κ1) is 57.8. The summed E-state index contributed by atoms with van der Waals surface area (Å²) in [7, 11) is 0. The molecule has 6 nitrogen and oxygen atoms in total. The average molecular weight is 834 g/mol. The molecule has 0 radical (unpaired) electrons. The first-order valence-corrected chi connectivity index (χ1v) is 26.2. The van der Waals surface area contributed by atoms with Crippen LogP contribution in [0, 0.1) is 0 Å². The van der Waals surface area contributed by atoms with Crippen molar-refractivity contribution in [2.45, 2.75) is 301 Å². The standard InChI is InChI=1S/C53H103NO5/c1-3-5-7-9-11-13-15-17-19-21-23-25-26-27-29-31-33-35-37-39-41-43-45-47-51(57)53(59)54-49(48-55)52(58)50(56)46-44-42-40-38-36-34-32-30-28-24-22-20-18-16-14-12-10-8-6-4-2/h27,29,38,40,49-52,55-58H,3-26,28,30-37,39,41-48H2,1-2H3,(H,54,59)/b29-27-,40-38+. The van der Waals surface area contributed by atoms with Crippen LogP contribution >= 0.6 is 0 Å². The fourth-order valence-corrected chi connectivity index (χ4v) is 8.22. The van der Waals surface area contributed by atoms with Crippen LogP contribution < -0.4 is 5.32 Å². The van der Waals surface area contributed by atoms with Gasteiger partial charge in [0.05, 0.1) is 18.8 Å². The highest BCUT2D eigenvalue weighted by Gasteiger charge is 2.28. The Morgan fingerprint density at radius 1 is 0.407 bits per heavy atom. The molecule has 0 spiro atoms. The maximum atomic E-state index is 12.6.